The Hall–Kier alpha value is -1.03. The Kier molecular flexibility index (Phi) is 5.31. The first kappa shape index (κ1) is 16.3. The van der Waals surface area contributed by atoms with Gasteiger partial charge in [-0.25, -0.2) is 0 Å². The molecule has 3 aliphatic heterocycles. The van der Waals surface area contributed by atoms with Gasteiger partial charge in [-0.3, -0.25) is 0 Å². The summed E-state index contributed by atoms with van der Waals surface area (Å²) in [5, 5.41) is 10.9. The minimum Gasteiger partial charge on any atom is -0.490 e. The summed E-state index contributed by atoms with van der Waals surface area (Å²) < 4.78 is 5.96. The number of nitrogens with zero attached hydrogens (tertiary/aromatic N) is 1. The highest BCUT2D eigenvalue weighted by molar-refractivity contribution is 5.85. The Morgan fingerprint density at radius 2 is 2.05 bits per heavy atom. The highest BCUT2D eigenvalue weighted by atomic mass is 35.5. The van der Waals surface area contributed by atoms with Crippen LogP contribution >= 0.6 is 12.4 Å². The van der Waals surface area contributed by atoms with Crippen LogP contribution in [0.15, 0.2) is 36.9 Å². The quantitative estimate of drug-likeness (QED) is 0.849. The monoisotopic (exact) mass is 309 g/mol. The minimum absolute atomic E-state index is 0. The van der Waals surface area contributed by atoms with E-state index in [1.165, 1.54) is 0 Å². The summed E-state index contributed by atoms with van der Waals surface area (Å²) in [4.78, 5) is 2.35. The van der Waals surface area contributed by atoms with Crippen molar-refractivity contribution in [2.24, 2.45) is 5.92 Å². The molecule has 0 radical (unpaired) electrons. The third-order valence-corrected chi connectivity index (χ3v) is 4.66. The lowest BCUT2D eigenvalue weighted by Gasteiger charge is -2.50. The van der Waals surface area contributed by atoms with Crippen LogP contribution in [0, 0.1) is 5.92 Å². The average molecular weight is 310 g/mol. The van der Waals surface area contributed by atoms with E-state index in [4.69, 9.17) is 4.74 Å². The van der Waals surface area contributed by atoms with Crippen LogP contribution in [0.1, 0.15) is 18.4 Å². The molecule has 0 amide bonds. The first-order valence-corrected chi connectivity index (χ1v) is 7.47. The Morgan fingerprint density at radius 1 is 1.33 bits per heavy atom. The third-order valence-electron chi connectivity index (χ3n) is 4.66. The van der Waals surface area contributed by atoms with Crippen molar-refractivity contribution in [3.63, 3.8) is 0 Å². The van der Waals surface area contributed by atoms with Crippen LogP contribution < -0.4 is 4.74 Å². The molecule has 0 aromatic heterocycles. The van der Waals surface area contributed by atoms with Crippen LogP contribution in [-0.4, -0.2) is 41.8 Å². The number of aliphatic hydroxyl groups is 1. The van der Waals surface area contributed by atoms with Gasteiger partial charge in [0.1, 0.15) is 18.0 Å². The molecule has 4 rings (SSSR count). The fourth-order valence-electron chi connectivity index (χ4n) is 3.48. The van der Waals surface area contributed by atoms with E-state index in [0.29, 0.717) is 12.5 Å². The van der Waals surface area contributed by atoms with Crippen molar-refractivity contribution >= 4 is 12.4 Å². The van der Waals surface area contributed by atoms with Crippen molar-refractivity contribution in [1.82, 2.24) is 4.90 Å². The topological polar surface area (TPSA) is 32.7 Å². The number of hydrogen-bond acceptors (Lipinski definition) is 3. The molecule has 4 heteroatoms. The summed E-state index contributed by atoms with van der Waals surface area (Å²) in [5.41, 5.74) is 0.449. The molecule has 0 aliphatic carbocycles. The van der Waals surface area contributed by atoms with Crippen LogP contribution in [0.5, 0.6) is 5.75 Å². The molecule has 1 aromatic rings. The van der Waals surface area contributed by atoms with Gasteiger partial charge in [0.15, 0.2) is 0 Å². The largest absolute Gasteiger partial charge is 0.490 e. The molecule has 1 N–H and O–H groups in total. The number of benzene rings is 1. The molecule has 1 aromatic carbocycles. The molecule has 3 fully saturated rings. The lowest BCUT2D eigenvalue weighted by Crippen LogP contribution is -2.61. The highest BCUT2D eigenvalue weighted by Crippen LogP contribution is 2.36. The standard InChI is InChI=1S/C17H23NO2.ClH/c1-2-5-14-6-3-4-7-16(14)20-13-17(19)12-18-10-8-15(17)9-11-18;/h2-4,6-7,15,19H,1,5,8-13H2;1H. The normalized spacial score (nSPS) is 30.5. The zero-order valence-electron chi connectivity index (χ0n) is 12.3. The van der Waals surface area contributed by atoms with Crippen molar-refractivity contribution in [2.45, 2.75) is 24.9 Å². The molecular weight excluding hydrogens is 286 g/mol. The maximum atomic E-state index is 10.9. The maximum absolute atomic E-state index is 10.9. The predicted octanol–water partition coefficient (Wildman–Crippen LogP) is 2.67. The molecule has 2 bridgehead atoms. The van der Waals surface area contributed by atoms with Crippen molar-refractivity contribution < 1.29 is 9.84 Å². The number of piperidine rings is 3. The Morgan fingerprint density at radius 3 is 2.67 bits per heavy atom. The fourth-order valence-corrected chi connectivity index (χ4v) is 3.48. The van der Waals surface area contributed by atoms with Gasteiger partial charge in [0.25, 0.3) is 0 Å². The molecule has 3 aliphatic rings. The molecular formula is C17H24ClNO2. The van der Waals surface area contributed by atoms with Crippen molar-refractivity contribution in [3.05, 3.63) is 42.5 Å². The van der Waals surface area contributed by atoms with E-state index < -0.39 is 5.60 Å². The van der Waals surface area contributed by atoms with E-state index in [0.717, 1.165) is 50.2 Å². The van der Waals surface area contributed by atoms with Gasteiger partial charge in [0.05, 0.1) is 0 Å². The highest BCUT2D eigenvalue weighted by Gasteiger charge is 2.46. The van der Waals surface area contributed by atoms with Gasteiger partial charge >= 0.3 is 0 Å². The summed E-state index contributed by atoms with van der Waals surface area (Å²) in [6, 6.07) is 8.01. The molecule has 21 heavy (non-hydrogen) atoms. The lowest BCUT2D eigenvalue weighted by molar-refractivity contribution is -0.131. The van der Waals surface area contributed by atoms with E-state index in [1.54, 1.807) is 0 Å². The summed E-state index contributed by atoms with van der Waals surface area (Å²) >= 11 is 0. The predicted molar refractivity (Wildman–Crippen MR) is 87.2 cm³/mol. The Labute approximate surface area is 133 Å². The van der Waals surface area contributed by atoms with Gasteiger partial charge in [-0.2, -0.15) is 0 Å². The number of para-hydroxylation sites is 1. The van der Waals surface area contributed by atoms with E-state index in [2.05, 4.69) is 17.5 Å². The van der Waals surface area contributed by atoms with E-state index in [-0.39, 0.29) is 12.4 Å². The van der Waals surface area contributed by atoms with Gasteiger partial charge in [0, 0.05) is 6.54 Å². The van der Waals surface area contributed by atoms with Gasteiger partial charge in [-0.15, -0.1) is 19.0 Å². The van der Waals surface area contributed by atoms with Crippen LogP contribution in [0.25, 0.3) is 0 Å². The Bertz CT molecular complexity index is 485. The number of hydrogen-bond donors (Lipinski definition) is 1. The maximum Gasteiger partial charge on any atom is 0.122 e. The van der Waals surface area contributed by atoms with Crippen molar-refractivity contribution in [1.29, 1.82) is 0 Å². The van der Waals surface area contributed by atoms with E-state index in [9.17, 15) is 5.11 Å². The number of ether oxygens (including phenoxy) is 1. The molecule has 0 saturated carbocycles. The second-order valence-corrected chi connectivity index (χ2v) is 6.04. The average Bonchev–Trinajstić information content (AvgIpc) is 2.48. The Balaban J connectivity index is 0.00000161. The van der Waals surface area contributed by atoms with Crippen LogP contribution in [0.2, 0.25) is 0 Å². The zero-order valence-corrected chi connectivity index (χ0v) is 13.1. The summed E-state index contributed by atoms with van der Waals surface area (Å²) in [6.07, 6.45) is 4.86. The number of fused-ring (bicyclic) bond motifs is 3. The SMILES string of the molecule is C=CCc1ccccc1OCC1(O)CN2CCC1CC2.Cl. The molecule has 3 saturated heterocycles. The second-order valence-electron chi connectivity index (χ2n) is 6.04. The molecule has 1 atom stereocenters. The second kappa shape index (κ2) is 6.82. The number of rotatable bonds is 5. The first-order valence-electron chi connectivity index (χ1n) is 7.47. The van der Waals surface area contributed by atoms with Crippen LogP contribution in [0.3, 0.4) is 0 Å². The third kappa shape index (κ3) is 3.42. The zero-order chi connectivity index (χ0) is 14.0. The first-order chi connectivity index (χ1) is 9.71. The molecule has 3 heterocycles. The molecule has 0 spiro atoms. The lowest BCUT2D eigenvalue weighted by atomic mass is 9.76. The van der Waals surface area contributed by atoms with Gasteiger partial charge in [0.2, 0.25) is 0 Å². The van der Waals surface area contributed by atoms with Gasteiger partial charge in [-0.05, 0) is 49.9 Å². The smallest absolute Gasteiger partial charge is 0.122 e. The van der Waals surface area contributed by atoms with Gasteiger partial charge in [-0.1, -0.05) is 24.3 Å². The minimum atomic E-state index is -0.683. The number of halogens is 1. The fraction of sp³-hybridized carbons (Fsp3) is 0.529. The molecule has 1 unspecified atom stereocenters. The van der Waals surface area contributed by atoms with Crippen LogP contribution in [-0.2, 0) is 6.42 Å². The van der Waals surface area contributed by atoms with E-state index in [1.807, 2.05) is 24.3 Å². The molecule has 3 nitrogen and oxygen atoms in total. The van der Waals surface area contributed by atoms with Crippen LogP contribution in [0.4, 0.5) is 0 Å². The van der Waals surface area contributed by atoms with E-state index >= 15 is 0 Å². The summed E-state index contributed by atoms with van der Waals surface area (Å²) in [7, 11) is 0. The summed E-state index contributed by atoms with van der Waals surface area (Å²) in [6.45, 7) is 7.17. The van der Waals surface area contributed by atoms with Gasteiger partial charge < -0.3 is 14.7 Å². The van der Waals surface area contributed by atoms with Crippen molar-refractivity contribution in [2.75, 3.05) is 26.2 Å². The molecule has 116 valence electrons. The van der Waals surface area contributed by atoms with Crippen molar-refractivity contribution in [3.8, 4) is 5.75 Å². The summed E-state index contributed by atoms with van der Waals surface area (Å²) in [5.74, 6) is 1.26. The number of allylic oxidation sites excluding steroid dienone is 1.